The van der Waals surface area contributed by atoms with Gasteiger partial charge >= 0.3 is 0 Å². The van der Waals surface area contributed by atoms with Crippen LogP contribution in [-0.4, -0.2) is 33.9 Å². The summed E-state index contributed by atoms with van der Waals surface area (Å²) in [6, 6.07) is 1.51. The van der Waals surface area contributed by atoms with E-state index in [1.165, 1.54) is 0 Å². The number of carbonyl (C=O) groups excluding carboxylic acids is 1. The molecule has 0 aromatic carbocycles. The molecule has 0 saturated heterocycles. The Bertz CT molecular complexity index is 309. The van der Waals surface area contributed by atoms with Crippen molar-refractivity contribution in [1.29, 1.82) is 0 Å². The number of hydrogen-bond acceptors (Lipinski definition) is 3. The van der Waals surface area contributed by atoms with Crippen LogP contribution in [0.25, 0.3) is 0 Å². The van der Waals surface area contributed by atoms with Gasteiger partial charge in [0.1, 0.15) is 6.04 Å². The van der Waals surface area contributed by atoms with Crippen molar-refractivity contribution in [3.05, 3.63) is 18.0 Å². The summed E-state index contributed by atoms with van der Waals surface area (Å²) in [6.45, 7) is 3.90. The van der Waals surface area contributed by atoms with Crippen LogP contribution < -0.4 is 5.32 Å². The minimum atomic E-state index is -0.337. The van der Waals surface area contributed by atoms with Crippen LogP contribution in [0.1, 0.15) is 18.7 Å². The molecule has 0 aliphatic rings. The van der Waals surface area contributed by atoms with Gasteiger partial charge in [-0.05, 0) is 19.9 Å². The lowest BCUT2D eigenvalue weighted by molar-refractivity contribution is -0.124. The second-order valence-corrected chi connectivity index (χ2v) is 3.11. The van der Waals surface area contributed by atoms with Gasteiger partial charge in [-0.1, -0.05) is 0 Å². The third-order valence-corrected chi connectivity index (χ3v) is 2.03. The second-order valence-electron chi connectivity index (χ2n) is 3.11. The normalized spacial score (nSPS) is 12.5. The van der Waals surface area contributed by atoms with Gasteiger partial charge in [0.15, 0.2) is 0 Å². The molecule has 0 bridgehead atoms. The molecule has 14 heavy (non-hydrogen) atoms. The van der Waals surface area contributed by atoms with E-state index in [4.69, 9.17) is 5.11 Å². The van der Waals surface area contributed by atoms with Gasteiger partial charge in [-0.15, -0.1) is 0 Å². The topological polar surface area (TPSA) is 67.2 Å². The van der Waals surface area contributed by atoms with Gasteiger partial charge in [-0.2, -0.15) is 5.10 Å². The number of nitrogens with one attached hydrogen (secondary N) is 1. The van der Waals surface area contributed by atoms with Crippen molar-refractivity contribution in [2.45, 2.75) is 19.9 Å². The summed E-state index contributed by atoms with van der Waals surface area (Å²) >= 11 is 0. The van der Waals surface area contributed by atoms with Crippen molar-refractivity contribution < 1.29 is 9.90 Å². The lowest BCUT2D eigenvalue weighted by Gasteiger charge is -2.13. The van der Waals surface area contributed by atoms with Crippen molar-refractivity contribution in [2.24, 2.45) is 0 Å². The maximum Gasteiger partial charge on any atom is 0.244 e. The molecule has 1 rings (SSSR count). The van der Waals surface area contributed by atoms with Gasteiger partial charge in [0.05, 0.1) is 6.61 Å². The SMILES string of the molecule is Cc1ccnn1C(C)C(=O)NCCO. The summed E-state index contributed by atoms with van der Waals surface area (Å²) in [6.07, 6.45) is 1.66. The second kappa shape index (κ2) is 4.76. The predicted molar refractivity (Wildman–Crippen MR) is 51.8 cm³/mol. The molecular formula is C9H15N3O2. The summed E-state index contributed by atoms with van der Waals surface area (Å²) < 4.78 is 1.65. The Labute approximate surface area is 82.7 Å². The number of hydrogen-bond donors (Lipinski definition) is 2. The van der Waals surface area contributed by atoms with Crippen LogP contribution in [0.3, 0.4) is 0 Å². The minimum Gasteiger partial charge on any atom is -0.395 e. The molecule has 1 aromatic heterocycles. The standard InChI is InChI=1S/C9H15N3O2/c1-7-3-4-11-12(7)8(2)9(14)10-5-6-13/h3-4,8,13H,5-6H2,1-2H3,(H,10,14). The van der Waals surface area contributed by atoms with Crippen LogP contribution in [0.4, 0.5) is 0 Å². The Hall–Kier alpha value is -1.36. The number of amides is 1. The zero-order chi connectivity index (χ0) is 10.6. The van der Waals surface area contributed by atoms with E-state index in [0.29, 0.717) is 0 Å². The molecule has 1 unspecified atom stereocenters. The first kappa shape index (κ1) is 10.7. The molecular weight excluding hydrogens is 182 g/mol. The molecule has 0 radical (unpaired) electrons. The van der Waals surface area contributed by atoms with Gasteiger partial charge in [-0.3, -0.25) is 9.48 Å². The summed E-state index contributed by atoms with van der Waals surface area (Å²) in [7, 11) is 0. The van der Waals surface area contributed by atoms with E-state index >= 15 is 0 Å². The van der Waals surface area contributed by atoms with E-state index in [9.17, 15) is 4.79 Å². The minimum absolute atomic E-state index is 0.0451. The molecule has 0 fully saturated rings. The average molecular weight is 197 g/mol. The maximum atomic E-state index is 11.5. The van der Waals surface area contributed by atoms with Crippen LogP contribution in [0.2, 0.25) is 0 Å². The van der Waals surface area contributed by atoms with Crippen molar-refractivity contribution >= 4 is 5.91 Å². The average Bonchev–Trinajstić information content (AvgIpc) is 2.59. The molecule has 5 heteroatoms. The Kier molecular flexibility index (Phi) is 3.64. The molecule has 2 N–H and O–H groups in total. The number of nitrogens with zero attached hydrogens (tertiary/aromatic N) is 2. The molecule has 5 nitrogen and oxygen atoms in total. The highest BCUT2D eigenvalue weighted by Gasteiger charge is 2.15. The highest BCUT2D eigenvalue weighted by Crippen LogP contribution is 2.07. The van der Waals surface area contributed by atoms with Crippen LogP contribution >= 0.6 is 0 Å². The van der Waals surface area contributed by atoms with Crippen molar-refractivity contribution in [3.8, 4) is 0 Å². The predicted octanol–water partition coefficient (Wildman–Crippen LogP) is -0.139. The fourth-order valence-corrected chi connectivity index (χ4v) is 1.22. The van der Waals surface area contributed by atoms with Gasteiger partial charge < -0.3 is 10.4 Å². The van der Waals surface area contributed by atoms with E-state index < -0.39 is 0 Å². The van der Waals surface area contributed by atoms with Gasteiger partial charge in [0, 0.05) is 18.4 Å². The zero-order valence-electron chi connectivity index (χ0n) is 8.40. The van der Waals surface area contributed by atoms with Crippen molar-refractivity contribution in [2.75, 3.05) is 13.2 Å². The molecule has 1 heterocycles. The Morgan fingerprint density at radius 1 is 1.79 bits per heavy atom. The first-order chi connectivity index (χ1) is 6.66. The number of aliphatic hydroxyl groups excluding tert-OH is 1. The van der Waals surface area contributed by atoms with Crippen LogP contribution in [0, 0.1) is 6.92 Å². The molecule has 0 aliphatic carbocycles. The summed E-state index contributed by atoms with van der Waals surface area (Å²) in [4.78, 5) is 11.5. The lowest BCUT2D eigenvalue weighted by atomic mass is 10.3. The Balaban J connectivity index is 2.61. The van der Waals surface area contributed by atoms with Gasteiger partial charge in [-0.25, -0.2) is 0 Å². The highest BCUT2D eigenvalue weighted by atomic mass is 16.3. The smallest absolute Gasteiger partial charge is 0.244 e. The van der Waals surface area contributed by atoms with Gasteiger partial charge in [0.25, 0.3) is 0 Å². The fourth-order valence-electron chi connectivity index (χ4n) is 1.22. The van der Waals surface area contributed by atoms with Gasteiger partial charge in [0.2, 0.25) is 5.91 Å². The Morgan fingerprint density at radius 2 is 2.50 bits per heavy atom. The van der Waals surface area contributed by atoms with Crippen LogP contribution in [0.15, 0.2) is 12.3 Å². The number of aliphatic hydroxyl groups is 1. The number of aromatic nitrogens is 2. The fraction of sp³-hybridized carbons (Fsp3) is 0.556. The number of rotatable bonds is 4. The molecule has 0 aliphatic heterocycles. The third kappa shape index (κ3) is 2.32. The molecule has 0 spiro atoms. The monoisotopic (exact) mass is 197 g/mol. The molecule has 0 saturated carbocycles. The summed E-state index contributed by atoms with van der Waals surface area (Å²) in [5.74, 6) is -0.133. The zero-order valence-corrected chi connectivity index (χ0v) is 8.40. The first-order valence-corrected chi connectivity index (χ1v) is 4.55. The largest absolute Gasteiger partial charge is 0.395 e. The van der Waals surface area contributed by atoms with Crippen LogP contribution in [-0.2, 0) is 4.79 Å². The van der Waals surface area contributed by atoms with E-state index in [2.05, 4.69) is 10.4 Å². The van der Waals surface area contributed by atoms with E-state index in [1.54, 1.807) is 17.8 Å². The summed E-state index contributed by atoms with van der Waals surface area (Å²) in [5, 5.41) is 15.2. The molecule has 1 atom stereocenters. The van der Waals surface area contributed by atoms with E-state index in [-0.39, 0.29) is 25.1 Å². The first-order valence-electron chi connectivity index (χ1n) is 4.55. The van der Waals surface area contributed by atoms with Crippen molar-refractivity contribution in [1.82, 2.24) is 15.1 Å². The van der Waals surface area contributed by atoms with Crippen molar-refractivity contribution in [3.63, 3.8) is 0 Å². The molecule has 1 amide bonds. The Morgan fingerprint density at radius 3 is 3.00 bits per heavy atom. The highest BCUT2D eigenvalue weighted by molar-refractivity contribution is 5.79. The van der Waals surface area contributed by atoms with Crippen LogP contribution in [0.5, 0.6) is 0 Å². The number of carbonyl (C=O) groups is 1. The summed E-state index contributed by atoms with van der Waals surface area (Å²) in [5.41, 5.74) is 0.941. The third-order valence-electron chi connectivity index (χ3n) is 2.03. The lowest BCUT2D eigenvalue weighted by Crippen LogP contribution is -2.33. The number of aryl methyl sites for hydroxylation is 1. The maximum absolute atomic E-state index is 11.5. The van der Waals surface area contributed by atoms with E-state index in [1.807, 2.05) is 13.0 Å². The molecule has 78 valence electrons. The quantitative estimate of drug-likeness (QED) is 0.706. The molecule has 1 aromatic rings. The van der Waals surface area contributed by atoms with E-state index in [0.717, 1.165) is 5.69 Å².